The lowest BCUT2D eigenvalue weighted by Crippen LogP contribution is -2.49. The zero-order valence-electron chi connectivity index (χ0n) is 13.0. The number of amides is 2. The van der Waals surface area contributed by atoms with Gasteiger partial charge < -0.3 is 14.9 Å². The summed E-state index contributed by atoms with van der Waals surface area (Å²) < 4.78 is 0. The first-order valence-electron chi connectivity index (χ1n) is 7.73. The summed E-state index contributed by atoms with van der Waals surface area (Å²) in [6, 6.07) is 0.181. The Balaban J connectivity index is 2.49. The molecule has 0 spiro atoms. The van der Waals surface area contributed by atoms with Crippen molar-refractivity contribution in [3.8, 4) is 0 Å². The number of carboxylic acids is 1. The number of rotatable bonds is 6. The molecule has 0 unspecified atom stereocenters. The van der Waals surface area contributed by atoms with E-state index in [4.69, 9.17) is 5.11 Å². The summed E-state index contributed by atoms with van der Waals surface area (Å²) in [6.45, 7) is 8.36. The van der Waals surface area contributed by atoms with Gasteiger partial charge in [-0.25, -0.2) is 4.79 Å². The molecule has 116 valence electrons. The van der Waals surface area contributed by atoms with E-state index >= 15 is 0 Å². The van der Waals surface area contributed by atoms with Crippen LogP contribution in [0.25, 0.3) is 0 Å². The third-order valence-corrected chi connectivity index (χ3v) is 4.12. The van der Waals surface area contributed by atoms with Gasteiger partial charge in [0, 0.05) is 32.1 Å². The quantitative estimate of drug-likeness (QED) is 0.816. The highest BCUT2D eigenvalue weighted by atomic mass is 16.4. The Labute approximate surface area is 121 Å². The number of hydrogen-bond acceptors (Lipinski definition) is 2. The Hall–Kier alpha value is -1.26. The number of carbonyl (C=O) groups excluding carboxylic acids is 1. The standard InChI is InChI=1S/C15H28N2O3/c1-4-13-7-10-16(11-8-13)15(20)17(12(2)3)9-5-6-14(18)19/h12-13H,4-11H2,1-3H3,(H,18,19). The molecule has 0 aromatic carbocycles. The molecule has 1 rings (SSSR count). The Morgan fingerprint density at radius 1 is 1.30 bits per heavy atom. The van der Waals surface area contributed by atoms with Crippen molar-refractivity contribution >= 4 is 12.0 Å². The van der Waals surface area contributed by atoms with Crippen LogP contribution >= 0.6 is 0 Å². The maximum Gasteiger partial charge on any atom is 0.320 e. The molecule has 1 saturated heterocycles. The van der Waals surface area contributed by atoms with E-state index in [-0.39, 0.29) is 18.5 Å². The second-order valence-electron chi connectivity index (χ2n) is 5.91. The molecular formula is C15H28N2O3. The SMILES string of the molecule is CCC1CCN(C(=O)N(CCCC(=O)O)C(C)C)CC1. The molecule has 5 nitrogen and oxygen atoms in total. The molecule has 1 N–H and O–H groups in total. The van der Waals surface area contributed by atoms with Crippen molar-refractivity contribution in [2.45, 2.75) is 58.9 Å². The lowest BCUT2D eigenvalue weighted by Gasteiger charge is -2.37. The molecule has 20 heavy (non-hydrogen) atoms. The van der Waals surface area contributed by atoms with Crippen LogP contribution in [0.1, 0.15) is 52.9 Å². The third-order valence-electron chi connectivity index (χ3n) is 4.12. The van der Waals surface area contributed by atoms with Crippen LogP contribution in [-0.2, 0) is 4.79 Å². The highest BCUT2D eigenvalue weighted by Crippen LogP contribution is 2.21. The fraction of sp³-hybridized carbons (Fsp3) is 0.867. The van der Waals surface area contributed by atoms with E-state index in [2.05, 4.69) is 6.92 Å². The summed E-state index contributed by atoms with van der Waals surface area (Å²) in [6.07, 6.45) is 4.00. The second-order valence-corrected chi connectivity index (χ2v) is 5.91. The molecule has 0 bridgehead atoms. The van der Waals surface area contributed by atoms with Gasteiger partial charge in [-0.15, -0.1) is 0 Å². The van der Waals surface area contributed by atoms with Crippen molar-refractivity contribution in [2.75, 3.05) is 19.6 Å². The van der Waals surface area contributed by atoms with Crippen molar-refractivity contribution in [1.29, 1.82) is 0 Å². The van der Waals surface area contributed by atoms with Crippen molar-refractivity contribution in [2.24, 2.45) is 5.92 Å². The van der Waals surface area contributed by atoms with Crippen LogP contribution in [0.5, 0.6) is 0 Å². The minimum absolute atomic E-state index is 0.0694. The molecule has 0 atom stereocenters. The van der Waals surface area contributed by atoms with E-state index in [0.29, 0.717) is 13.0 Å². The van der Waals surface area contributed by atoms with E-state index < -0.39 is 5.97 Å². The van der Waals surface area contributed by atoms with Crippen LogP contribution in [0.4, 0.5) is 4.79 Å². The van der Waals surface area contributed by atoms with Gasteiger partial charge in [0.2, 0.25) is 0 Å². The molecule has 0 aromatic rings. The first kappa shape index (κ1) is 16.8. The number of nitrogens with zero attached hydrogens (tertiary/aromatic N) is 2. The summed E-state index contributed by atoms with van der Waals surface area (Å²) in [5.41, 5.74) is 0. The summed E-state index contributed by atoms with van der Waals surface area (Å²) in [5, 5.41) is 8.69. The van der Waals surface area contributed by atoms with Crippen molar-refractivity contribution in [1.82, 2.24) is 9.80 Å². The van der Waals surface area contributed by atoms with Gasteiger partial charge >= 0.3 is 12.0 Å². The third kappa shape index (κ3) is 5.02. The maximum atomic E-state index is 12.5. The number of hydrogen-bond donors (Lipinski definition) is 1. The number of carboxylic acid groups (broad SMARTS) is 1. The van der Waals surface area contributed by atoms with Gasteiger partial charge in [-0.3, -0.25) is 4.79 Å². The van der Waals surface area contributed by atoms with Crippen LogP contribution in [0.3, 0.4) is 0 Å². The lowest BCUT2D eigenvalue weighted by molar-refractivity contribution is -0.137. The highest BCUT2D eigenvalue weighted by Gasteiger charge is 2.26. The molecule has 0 saturated carbocycles. The topological polar surface area (TPSA) is 60.9 Å². The lowest BCUT2D eigenvalue weighted by atomic mass is 9.94. The van der Waals surface area contributed by atoms with Crippen molar-refractivity contribution < 1.29 is 14.7 Å². The Morgan fingerprint density at radius 3 is 2.35 bits per heavy atom. The second kappa shape index (κ2) is 8.12. The zero-order chi connectivity index (χ0) is 15.1. The van der Waals surface area contributed by atoms with E-state index in [1.54, 1.807) is 4.90 Å². The van der Waals surface area contributed by atoms with Crippen LogP contribution in [-0.4, -0.2) is 52.6 Å². The summed E-state index contributed by atoms with van der Waals surface area (Å²) in [5.74, 6) is -0.0523. The van der Waals surface area contributed by atoms with E-state index in [9.17, 15) is 9.59 Å². The monoisotopic (exact) mass is 284 g/mol. The number of piperidine rings is 1. The number of likely N-dealkylation sites (tertiary alicyclic amines) is 1. The molecule has 1 aliphatic heterocycles. The van der Waals surface area contributed by atoms with Gasteiger partial charge in [0.25, 0.3) is 0 Å². The number of aliphatic carboxylic acids is 1. The van der Waals surface area contributed by atoms with Crippen molar-refractivity contribution in [3.05, 3.63) is 0 Å². The fourth-order valence-corrected chi connectivity index (χ4v) is 2.69. The first-order valence-corrected chi connectivity index (χ1v) is 7.73. The Bertz CT molecular complexity index is 323. The van der Waals surface area contributed by atoms with Crippen LogP contribution in [0, 0.1) is 5.92 Å². The normalized spacial score (nSPS) is 16.5. The van der Waals surface area contributed by atoms with Crippen molar-refractivity contribution in [3.63, 3.8) is 0 Å². The van der Waals surface area contributed by atoms with Gasteiger partial charge in [-0.2, -0.15) is 0 Å². The first-order chi connectivity index (χ1) is 9.45. The zero-order valence-corrected chi connectivity index (χ0v) is 13.0. The maximum absolute atomic E-state index is 12.5. The molecular weight excluding hydrogens is 256 g/mol. The Morgan fingerprint density at radius 2 is 1.90 bits per heavy atom. The van der Waals surface area contributed by atoms with Gasteiger partial charge in [0.1, 0.15) is 0 Å². The average molecular weight is 284 g/mol. The van der Waals surface area contributed by atoms with Gasteiger partial charge in [0.15, 0.2) is 0 Å². The largest absolute Gasteiger partial charge is 0.481 e. The van der Waals surface area contributed by atoms with Crippen LogP contribution in [0.2, 0.25) is 0 Å². The highest BCUT2D eigenvalue weighted by molar-refractivity contribution is 5.75. The van der Waals surface area contributed by atoms with E-state index in [1.165, 1.54) is 6.42 Å². The predicted molar refractivity (Wildman–Crippen MR) is 78.7 cm³/mol. The number of urea groups is 1. The average Bonchev–Trinajstić information content (AvgIpc) is 2.42. The summed E-state index contributed by atoms with van der Waals surface area (Å²) in [4.78, 5) is 26.8. The minimum atomic E-state index is -0.801. The molecule has 0 aromatic heterocycles. The van der Waals surface area contributed by atoms with E-state index in [0.717, 1.165) is 31.8 Å². The van der Waals surface area contributed by atoms with Gasteiger partial charge in [0.05, 0.1) is 0 Å². The minimum Gasteiger partial charge on any atom is -0.481 e. The Kier molecular flexibility index (Phi) is 6.82. The molecule has 0 aliphatic carbocycles. The van der Waals surface area contributed by atoms with Gasteiger partial charge in [-0.05, 0) is 39.0 Å². The fourth-order valence-electron chi connectivity index (χ4n) is 2.69. The molecule has 5 heteroatoms. The number of carbonyl (C=O) groups is 2. The summed E-state index contributed by atoms with van der Waals surface area (Å²) >= 11 is 0. The van der Waals surface area contributed by atoms with Crippen LogP contribution in [0.15, 0.2) is 0 Å². The molecule has 1 heterocycles. The van der Waals surface area contributed by atoms with Gasteiger partial charge in [-0.1, -0.05) is 13.3 Å². The molecule has 1 fully saturated rings. The van der Waals surface area contributed by atoms with E-state index in [1.807, 2.05) is 18.7 Å². The smallest absolute Gasteiger partial charge is 0.320 e. The van der Waals surface area contributed by atoms with Crippen LogP contribution < -0.4 is 0 Å². The molecule has 0 radical (unpaired) electrons. The molecule has 2 amide bonds. The molecule has 1 aliphatic rings. The predicted octanol–water partition coefficient (Wildman–Crippen LogP) is 2.80. The summed E-state index contributed by atoms with van der Waals surface area (Å²) in [7, 11) is 0.